The van der Waals surface area contributed by atoms with E-state index in [0.29, 0.717) is 22.5 Å². The van der Waals surface area contributed by atoms with Gasteiger partial charge in [-0.15, -0.1) is 0 Å². The van der Waals surface area contributed by atoms with Gasteiger partial charge in [0.25, 0.3) is 5.91 Å². The van der Waals surface area contributed by atoms with Crippen LogP contribution in [0.3, 0.4) is 0 Å². The van der Waals surface area contributed by atoms with Gasteiger partial charge in [-0.25, -0.2) is 9.18 Å². The Balaban J connectivity index is 1.53. The van der Waals surface area contributed by atoms with E-state index in [4.69, 9.17) is 0 Å². The molecule has 4 rings (SSSR count). The van der Waals surface area contributed by atoms with Gasteiger partial charge in [0.15, 0.2) is 0 Å². The molecule has 154 valence electrons. The molecule has 2 aromatic rings. The Kier molecular flexibility index (Phi) is 4.99. The first-order valence-corrected chi connectivity index (χ1v) is 9.52. The number of hydrogen-bond acceptors (Lipinski definition) is 3. The number of carbonyl (C=O) groups is 3. The third-order valence-corrected chi connectivity index (χ3v) is 5.31. The lowest BCUT2D eigenvalue weighted by atomic mass is 9.96. The van der Waals surface area contributed by atoms with Crippen molar-refractivity contribution in [3.63, 3.8) is 0 Å². The maximum Gasteiger partial charge on any atom is 0.322 e. The average Bonchev–Trinajstić information content (AvgIpc) is 3.04. The van der Waals surface area contributed by atoms with Gasteiger partial charge < -0.3 is 15.5 Å². The van der Waals surface area contributed by atoms with Gasteiger partial charge in [-0.2, -0.15) is 0 Å². The molecule has 2 N–H and O–H groups in total. The summed E-state index contributed by atoms with van der Waals surface area (Å²) in [5.74, 6) is -1.06. The quantitative estimate of drug-likeness (QED) is 0.816. The van der Waals surface area contributed by atoms with Gasteiger partial charge in [0.2, 0.25) is 5.91 Å². The Hall–Kier alpha value is -3.68. The van der Waals surface area contributed by atoms with E-state index in [1.165, 1.54) is 34.1 Å². The second-order valence-electron chi connectivity index (χ2n) is 7.43. The van der Waals surface area contributed by atoms with Crippen LogP contribution in [0.15, 0.2) is 59.8 Å². The third kappa shape index (κ3) is 3.63. The zero-order valence-electron chi connectivity index (χ0n) is 16.6. The summed E-state index contributed by atoms with van der Waals surface area (Å²) in [6.07, 6.45) is 0. The second-order valence-corrected chi connectivity index (χ2v) is 7.43. The van der Waals surface area contributed by atoms with Gasteiger partial charge >= 0.3 is 6.03 Å². The number of urea groups is 1. The number of likely N-dealkylation sites (N-methyl/N-ethyl adjacent to an activating group) is 1. The first-order valence-electron chi connectivity index (χ1n) is 9.52. The van der Waals surface area contributed by atoms with E-state index >= 15 is 0 Å². The van der Waals surface area contributed by atoms with Crippen molar-refractivity contribution in [2.75, 3.05) is 25.5 Å². The molecule has 0 radical (unpaired) electrons. The van der Waals surface area contributed by atoms with E-state index in [9.17, 15) is 18.8 Å². The van der Waals surface area contributed by atoms with Crippen LogP contribution in [0, 0.1) is 12.7 Å². The molecule has 0 saturated heterocycles. The van der Waals surface area contributed by atoms with Crippen molar-refractivity contribution in [2.45, 2.75) is 13.0 Å². The molecule has 1 atom stereocenters. The number of rotatable bonds is 4. The summed E-state index contributed by atoms with van der Waals surface area (Å²) in [5.41, 5.74) is 3.26. The van der Waals surface area contributed by atoms with Gasteiger partial charge in [-0.05, 0) is 36.8 Å². The van der Waals surface area contributed by atoms with E-state index in [2.05, 4.69) is 10.6 Å². The van der Waals surface area contributed by atoms with Gasteiger partial charge in [0.1, 0.15) is 12.4 Å². The van der Waals surface area contributed by atoms with Gasteiger partial charge in [-0.1, -0.05) is 29.8 Å². The molecule has 30 heavy (non-hydrogen) atoms. The highest BCUT2D eigenvalue weighted by atomic mass is 19.1. The molecule has 0 bridgehead atoms. The van der Waals surface area contributed by atoms with E-state index in [1.807, 2.05) is 19.1 Å². The van der Waals surface area contributed by atoms with Crippen LogP contribution in [0.1, 0.15) is 17.2 Å². The number of nitrogens with zero attached hydrogens (tertiary/aromatic N) is 2. The van der Waals surface area contributed by atoms with Crippen LogP contribution in [0.5, 0.6) is 0 Å². The average molecular weight is 408 g/mol. The zero-order valence-corrected chi connectivity index (χ0v) is 16.6. The molecule has 7 nitrogen and oxygen atoms in total. The number of hydrogen-bond donors (Lipinski definition) is 2. The minimum atomic E-state index is -0.693. The standard InChI is InChI=1S/C22H21FN4O3/c1-13-3-9-16(10-4-13)24-18(28)12-27-11-17-19(21(27)29)20(25-22(30)26(17)2)14-5-7-15(23)8-6-14/h3-10,20H,11-12H2,1-2H3,(H,24,28)(H,25,30)/t20-/m0/s1. The van der Waals surface area contributed by atoms with Crippen LogP contribution in [0.2, 0.25) is 0 Å². The molecule has 2 aliphatic rings. The molecule has 4 amide bonds. The predicted octanol–water partition coefficient (Wildman–Crippen LogP) is 2.57. The Morgan fingerprint density at radius 2 is 1.80 bits per heavy atom. The Labute approximate surface area is 173 Å². The van der Waals surface area contributed by atoms with E-state index < -0.39 is 11.9 Å². The molecule has 2 aromatic carbocycles. The Bertz CT molecular complexity index is 1050. The summed E-state index contributed by atoms with van der Waals surface area (Å²) < 4.78 is 13.3. The second kappa shape index (κ2) is 7.62. The summed E-state index contributed by atoms with van der Waals surface area (Å²) >= 11 is 0. The minimum absolute atomic E-state index is 0.141. The highest BCUT2D eigenvalue weighted by molar-refractivity contribution is 6.04. The molecule has 0 spiro atoms. The van der Waals surface area contributed by atoms with Crippen LogP contribution in [-0.4, -0.2) is 47.8 Å². The van der Waals surface area contributed by atoms with E-state index in [1.54, 1.807) is 19.2 Å². The van der Waals surface area contributed by atoms with Crippen LogP contribution >= 0.6 is 0 Å². The largest absolute Gasteiger partial charge is 0.327 e. The lowest BCUT2D eigenvalue weighted by Crippen LogP contribution is -2.45. The fourth-order valence-electron chi connectivity index (χ4n) is 3.67. The van der Waals surface area contributed by atoms with E-state index in [0.717, 1.165) is 5.56 Å². The van der Waals surface area contributed by atoms with Crippen molar-refractivity contribution >= 4 is 23.5 Å². The molecule has 0 aliphatic carbocycles. The fraction of sp³-hybridized carbons (Fsp3) is 0.227. The maximum atomic E-state index is 13.3. The summed E-state index contributed by atoms with van der Waals surface area (Å²) in [6.45, 7) is 1.96. The molecular weight excluding hydrogens is 387 g/mol. The SMILES string of the molecule is Cc1ccc(NC(=O)CN2CC3=C(C2=O)[C@H](c2ccc(F)cc2)NC(=O)N3C)cc1. The van der Waals surface area contributed by atoms with Gasteiger partial charge in [0, 0.05) is 12.7 Å². The first-order chi connectivity index (χ1) is 14.3. The fourth-order valence-corrected chi connectivity index (χ4v) is 3.67. The highest BCUT2D eigenvalue weighted by Gasteiger charge is 2.43. The first kappa shape index (κ1) is 19.6. The Morgan fingerprint density at radius 1 is 1.13 bits per heavy atom. The number of benzene rings is 2. The smallest absolute Gasteiger partial charge is 0.322 e. The summed E-state index contributed by atoms with van der Waals surface area (Å²) in [5, 5.41) is 5.56. The summed E-state index contributed by atoms with van der Waals surface area (Å²) in [4.78, 5) is 40.8. The Morgan fingerprint density at radius 3 is 2.47 bits per heavy atom. The van der Waals surface area contributed by atoms with Crippen molar-refractivity contribution in [1.82, 2.24) is 15.1 Å². The number of anilines is 1. The maximum absolute atomic E-state index is 13.3. The van der Waals surface area contributed by atoms with Gasteiger partial charge in [0.05, 0.1) is 23.9 Å². The molecule has 0 saturated carbocycles. The highest BCUT2D eigenvalue weighted by Crippen LogP contribution is 2.35. The van der Waals surface area contributed by atoms with Crippen LogP contribution < -0.4 is 10.6 Å². The zero-order chi connectivity index (χ0) is 21.4. The van der Waals surface area contributed by atoms with Crippen LogP contribution in [-0.2, 0) is 9.59 Å². The molecule has 2 aliphatic heterocycles. The van der Waals surface area contributed by atoms with Crippen molar-refractivity contribution in [3.05, 3.63) is 76.7 Å². The molecule has 0 fully saturated rings. The normalized spacial score (nSPS) is 18.4. The molecule has 2 heterocycles. The number of halogens is 1. The topological polar surface area (TPSA) is 81.8 Å². The molecular formula is C22H21FN4O3. The minimum Gasteiger partial charge on any atom is -0.327 e. The summed E-state index contributed by atoms with van der Waals surface area (Å²) in [6, 6.07) is 12.0. The lowest BCUT2D eigenvalue weighted by molar-refractivity contribution is -0.130. The third-order valence-electron chi connectivity index (χ3n) is 5.31. The predicted molar refractivity (Wildman–Crippen MR) is 109 cm³/mol. The lowest BCUT2D eigenvalue weighted by Gasteiger charge is -2.31. The van der Waals surface area contributed by atoms with Crippen molar-refractivity contribution in [1.29, 1.82) is 0 Å². The molecule has 8 heteroatoms. The van der Waals surface area contributed by atoms with Crippen LogP contribution in [0.4, 0.5) is 14.9 Å². The van der Waals surface area contributed by atoms with E-state index in [-0.39, 0.29) is 30.9 Å². The van der Waals surface area contributed by atoms with Gasteiger partial charge in [-0.3, -0.25) is 14.5 Å². The summed E-state index contributed by atoms with van der Waals surface area (Å²) in [7, 11) is 1.58. The van der Waals surface area contributed by atoms with Crippen molar-refractivity contribution in [3.8, 4) is 0 Å². The molecule has 0 unspecified atom stereocenters. The number of nitrogens with one attached hydrogen (secondary N) is 2. The monoisotopic (exact) mass is 408 g/mol. The number of aryl methyl sites for hydroxylation is 1. The number of amides is 4. The molecule has 0 aromatic heterocycles. The van der Waals surface area contributed by atoms with Crippen LogP contribution in [0.25, 0.3) is 0 Å². The number of carbonyl (C=O) groups excluding carboxylic acids is 3. The van der Waals surface area contributed by atoms with Crippen molar-refractivity contribution in [2.24, 2.45) is 0 Å². The van der Waals surface area contributed by atoms with Crippen molar-refractivity contribution < 1.29 is 18.8 Å².